The molecule has 1 aromatic rings. The first-order valence-electron chi connectivity index (χ1n) is 4.77. The smallest absolute Gasteiger partial charge is 0.397 e. The molecule has 3 N–H and O–H groups in total. The predicted octanol–water partition coefficient (Wildman–Crippen LogP) is 2.78. The van der Waals surface area contributed by atoms with E-state index in [0.29, 0.717) is 0 Å². The van der Waals surface area contributed by atoms with Gasteiger partial charge in [-0.2, -0.15) is 13.2 Å². The quantitative estimate of drug-likeness (QED) is 0.825. The van der Waals surface area contributed by atoms with Crippen molar-refractivity contribution in [3.8, 4) is 5.75 Å². The second kappa shape index (κ2) is 3.97. The molecule has 16 heavy (non-hydrogen) atoms. The van der Waals surface area contributed by atoms with E-state index in [4.69, 9.17) is 10.8 Å². The Morgan fingerprint density at radius 1 is 1.12 bits per heavy atom. The van der Waals surface area contributed by atoms with Gasteiger partial charge >= 0.3 is 6.18 Å². The van der Waals surface area contributed by atoms with Gasteiger partial charge in [0, 0.05) is 5.54 Å². The SMILES string of the molecule is CC(C)(N)C(c1ccc(O)cc1)C(F)(F)F. The van der Waals surface area contributed by atoms with E-state index in [0.717, 1.165) is 0 Å². The second-order valence-electron chi connectivity index (χ2n) is 4.39. The number of halogens is 3. The van der Waals surface area contributed by atoms with Crippen LogP contribution in [-0.2, 0) is 0 Å². The van der Waals surface area contributed by atoms with Gasteiger partial charge in [-0.1, -0.05) is 12.1 Å². The van der Waals surface area contributed by atoms with Crippen LogP contribution in [0.4, 0.5) is 13.2 Å². The lowest BCUT2D eigenvalue weighted by Gasteiger charge is -2.32. The number of hydrogen-bond acceptors (Lipinski definition) is 2. The highest BCUT2D eigenvalue weighted by Crippen LogP contribution is 2.41. The largest absolute Gasteiger partial charge is 0.508 e. The molecule has 0 fully saturated rings. The summed E-state index contributed by atoms with van der Waals surface area (Å²) >= 11 is 0. The lowest BCUT2D eigenvalue weighted by Crippen LogP contribution is -2.46. The van der Waals surface area contributed by atoms with E-state index in [2.05, 4.69) is 0 Å². The number of phenols is 1. The molecule has 1 unspecified atom stereocenters. The Labute approximate surface area is 91.9 Å². The van der Waals surface area contributed by atoms with Crippen LogP contribution >= 0.6 is 0 Å². The topological polar surface area (TPSA) is 46.2 Å². The second-order valence-corrected chi connectivity index (χ2v) is 4.39. The van der Waals surface area contributed by atoms with Crippen molar-refractivity contribution in [1.82, 2.24) is 0 Å². The van der Waals surface area contributed by atoms with Gasteiger partial charge in [0.1, 0.15) is 5.75 Å². The maximum Gasteiger partial charge on any atom is 0.397 e. The van der Waals surface area contributed by atoms with Crippen molar-refractivity contribution in [3.63, 3.8) is 0 Å². The molecule has 0 saturated carbocycles. The van der Waals surface area contributed by atoms with Crippen LogP contribution < -0.4 is 5.73 Å². The summed E-state index contributed by atoms with van der Waals surface area (Å²) < 4.78 is 38.6. The molecular weight excluding hydrogens is 219 g/mol. The van der Waals surface area contributed by atoms with Crippen LogP contribution in [0.3, 0.4) is 0 Å². The van der Waals surface area contributed by atoms with E-state index in [1.165, 1.54) is 38.1 Å². The fourth-order valence-electron chi connectivity index (χ4n) is 1.71. The average Bonchev–Trinajstić information content (AvgIpc) is 2.03. The minimum absolute atomic E-state index is 0.0535. The lowest BCUT2D eigenvalue weighted by atomic mass is 9.82. The van der Waals surface area contributed by atoms with Gasteiger partial charge in [0.2, 0.25) is 0 Å². The van der Waals surface area contributed by atoms with E-state index in [1.807, 2.05) is 0 Å². The van der Waals surface area contributed by atoms with Crippen LogP contribution in [0, 0.1) is 0 Å². The number of alkyl halides is 3. The lowest BCUT2D eigenvalue weighted by molar-refractivity contribution is -0.162. The number of hydrogen-bond donors (Lipinski definition) is 2. The summed E-state index contributed by atoms with van der Waals surface area (Å²) in [5.74, 6) is -1.82. The maximum atomic E-state index is 12.9. The van der Waals surface area contributed by atoms with Gasteiger partial charge in [0.25, 0.3) is 0 Å². The Balaban J connectivity index is 3.18. The fourth-order valence-corrected chi connectivity index (χ4v) is 1.71. The monoisotopic (exact) mass is 233 g/mol. The normalized spacial score (nSPS) is 14.9. The standard InChI is InChI=1S/C11H14F3NO/c1-10(2,15)9(11(12,13)14)7-3-5-8(16)6-4-7/h3-6,9,16H,15H2,1-2H3. The molecule has 0 amide bonds. The molecule has 0 bridgehead atoms. The number of rotatable bonds is 2. The Bertz CT molecular complexity index is 337. The van der Waals surface area contributed by atoms with Crippen molar-refractivity contribution in [1.29, 1.82) is 0 Å². The van der Waals surface area contributed by atoms with Gasteiger partial charge in [-0.25, -0.2) is 0 Å². The fraction of sp³-hybridized carbons (Fsp3) is 0.455. The van der Waals surface area contributed by atoms with E-state index >= 15 is 0 Å². The predicted molar refractivity (Wildman–Crippen MR) is 55.2 cm³/mol. The van der Waals surface area contributed by atoms with Crippen LogP contribution in [0.2, 0.25) is 0 Å². The van der Waals surface area contributed by atoms with Gasteiger partial charge in [-0.05, 0) is 31.5 Å². The first-order chi connectivity index (χ1) is 7.12. The zero-order valence-electron chi connectivity index (χ0n) is 9.05. The Morgan fingerprint density at radius 2 is 1.56 bits per heavy atom. The van der Waals surface area contributed by atoms with Gasteiger partial charge < -0.3 is 10.8 Å². The highest BCUT2D eigenvalue weighted by atomic mass is 19.4. The van der Waals surface area contributed by atoms with Gasteiger partial charge in [-0.15, -0.1) is 0 Å². The number of nitrogens with two attached hydrogens (primary N) is 1. The molecule has 90 valence electrons. The summed E-state index contributed by atoms with van der Waals surface area (Å²) in [4.78, 5) is 0. The van der Waals surface area contributed by atoms with E-state index < -0.39 is 17.6 Å². The molecule has 1 rings (SSSR count). The molecule has 0 aliphatic carbocycles. The molecule has 0 aliphatic heterocycles. The molecule has 0 saturated heterocycles. The summed E-state index contributed by atoms with van der Waals surface area (Å²) in [5.41, 5.74) is 4.20. The molecule has 5 heteroatoms. The van der Waals surface area contributed by atoms with Crippen molar-refractivity contribution >= 4 is 0 Å². The van der Waals surface area contributed by atoms with Crippen LogP contribution in [-0.4, -0.2) is 16.8 Å². The molecular formula is C11H14F3NO. The Kier molecular flexibility index (Phi) is 3.19. The highest BCUT2D eigenvalue weighted by molar-refractivity contribution is 5.31. The van der Waals surface area contributed by atoms with Crippen LogP contribution in [0.25, 0.3) is 0 Å². The summed E-state index contributed by atoms with van der Waals surface area (Å²) in [6.45, 7) is 2.66. The van der Waals surface area contributed by atoms with Crippen molar-refractivity contribution in [2.24, 2.45) is 5.73 Å². The summed E-state index contributed by atoms with van der Waals surface area (Å²) in [6, 6.07) is 4.92. The molecule has 0 radical (unpaired) electrons. The molecule has 0 aliphatic rings. The summed E-state index contributed by atoms with van der Waals surface area (Å²) in [6.07, 6.45) is -4.41. The van der Waals surface area contributed by atoms with Gasteiger partial charge in [0.05, 0.1) is 5.92 Å². The van der Waals surface area contributed by atoms with Gasteiger partial charge in [-0.3, -0.25) is 0 Å². The molecule has 2 nitrogen and oxygen atoms in total. The first kappa shape index (κ1) is 12.8. The average molecular weight is 233 g/mol. The minimum Gasteiger partial charge on any atom is -0.508 e. The van der Waals surface area contributed by atoms with Crippen LogP contribution in [0.15, 0.2) is 24.3 Å². The Hall–Kier alpha value is -1.23. The first-order valence-corrected chi connectivity index (χ1v) is 4.77. The van der Waals surface area contributed by atoms with Gasteiger partial charge in [0.15, 0.2) is 0 Å². The van der Waals surface area contributed by atoms with Crippen LogP contribution in [0.5, 0.6) is 5.75 Å². The zero-order chi connectivity index (χ0) is 12.6. The van der Waals surface area contributed by atoms with Crippen molar-refractivity contribution in [3.05, 3.63) is 29.8 Å². The van der Waals surface area contributed by atoms with E-state index in [9.17, 15) is 13.2 Å². The van der Waals surface area contributed by atoms with Crippen molar-refractivity contribution in [2.75, 3.05) is 0 Å². The molecule has 0 heterocycles. The highest BCUT2D eigenvalue weighted by Gasteiger charge is 2.48. The Morgan fingerprint density at radius 3 is 1.88 bits per heavy atom. The number of aromatic hydroxyl groups is 1. The molecule has 0 aromatic heterocycles. The van der Waals surface area contributed by atoms with Crippen molar-refractivity contribution < 1.29 is 18.3 Å². The van der Waals surface area contributed by atoms with Crippen LogP contribution in [0.1, 0.15) is 25.3 Å². The minimum atomic E-state index is -4.41. The molecule has 0 spiro atoms. The van der Waals surface area contributed by atoms with Crippen molar-refractivity contribution in [2.45, 2.75) is 31.5 Å². The summed E-state index contributed by atoms with van der Waals surface area (Å²) in [7, 11) is 0. The number of phenolic OH excluding ortho intramolecular Hbond substituents is 1. The maximum absolute atomic E-state index is 12.9. The third-order valence-corrected chi connectivity index (χ3v) is 2.30. The molecule has 1 aromatic carbocycles. The van der Waals surface area contributed by atoms with E-state index in [1.54, 1.807) is 0 Å². The summed E-state index contributed by atoms with van der Waals surface area (Å²) in [5, 5.41) is 9.03. The third-order valence-electron chi connectivity index (χ3n) is 2.30. The zero-order valence-corrected chi connectivity index (χ0v) is 9.05. The molecule has 1 atom stereocenters. The van der Waals surface area contributed by atoms with E-state index in [-0.39, 0.29) is 11.3 Å². The number of benzene rings is 1. The third kappa shape index (κ3) is 2.88.